The number of ether oxygens (including phenoxy) is 1. The Morgan fingerprint density at radius 1 is 1.23 bits per heavy atom. The largest absolute Gasteiger partial charge is 0.462 e. The Labute approximate surface area is 81.7 Å². The van der Waals surface area contributed by atoms with Crippen LogP contribution in [-0.4, -0.2) is 12.1 Å². The van der Waals surface area contributed by atoms with Crippen LogP contribution in [0.5, 0.6) is 0 Å². The van der Waals surface area contributed by atoms with Crippen molar-refractivity contribution < 1.29 is 9.53 Å². The van der Waals surface area contributed by atoms with Gasteiger partial charge in [-0.2, -0.15) is 0 Å². The van der Waals surface area contributed by atoms with E-state index in [0.29, 0.717) is 18.3 Å². The van der Waals surface area contributed by atoms with Crippen LogP contribution in [0.4, 0.5) is 0 Å². The van der Waals surface area contributed by atoms with Crippen molar-refractivity contribution in [2.75, 3.05) is 0 Å². The number of carbonyl (C=O) groups excluding carboxylic acids is 1. The molecule has 0 aromatic heterocycles. The molecular weight excluding hydrogens is 164 g/mol. The van der Waals surface area contributed by atoms with E-state index in [1.165, 1.54) is 0 Å². The third kappa shape index (κ3) is 5.67. The maximum atomic E-state index is 11.3. The molecule has 2 nitrogen and oxygen atoms in total. The molecule has 0 fully saturated rings. The Morgan fingerprint density at radius 3 is 2.15 bits per heavy atom. The Balaban J connectivity index is 3.77. The average molecular weight is 186 g/mol. The van der Waals surface area contributed by atoms with Crippen LogP contribution in [0.3, 0.4) is 0 Å². The smallest absolute Gasteiger partial charge is 0.306 e. The summed E-state index contributed by atoms with van der Waals surface area (Å²) in [6.45, 7) is 10.2. The molecule has 78 valence electrons. The molecule has 2 unspecified atom stereocenters. The lowest BCUT2D eigenvalue weighted by molar-refractivity contribution is -0.151. The lowest BCUT2D eigenvalue weighted by Gasteiger charge is -2.19. The minimum Gasteiger partial charge on any atom is -0.462 e. The van der Waals surface area contributed by atoms with Crippen molar-refractivity contribution in [1.29, 1.82) is 0 Å². The van der Waals surface area contributed by atoms with Crippen LogP contribution in [0.15, 0.2) is 0 Å². The summed E-state index contributed by atoms with van der Waals surface area (Å²) < 4.78 is 5.27. The first kappa shape index (κ1) is 12.5. The van der Waals surface area contributed by atoms with Gasteiger partial charge >= 0.3 is 5.97 Å². The highest BCUT2D eigenvalue weighted by Gasteiger charge is 2.15. The maximum absolute atomic E-state index is 11.3. The summed E-state index contributed by atoms with van der Waals surface area (Å²) in [6.07, 6.45) is 1.63. The predicted octanol–water partition coefficient (Wildman–Crippen LogP) is 3.01. The zero-order valence-electron chi connectivity index (χ0n) is 9.46. The van der Waals surface area contributed by atoms with E-state index < -0.39 is 0 Å². The fourth-order valence-corrected chi connectivity index (χ4v) is 1.04. The second-order valence-corrected chi connectivity index (χ2v) is 4.18. The highest BCUT2D eigenvalue weighted by atomic mass is 16.5. The number of rotatable bonds is 5. The molecule has 0 aliphatic carbocycles. The van der Waals surface area contributed by atoms with Crippen LogP contribution in [0.1, 0.15) is 47.5 Å². The van der Waals surface area contributed by atoms with Crippen LogP contribution in [0, 0.1) is 11.8 Å². The van der Waals surface area contributed by atoms with Gasteiger partial charge < -0.3 is 4.74 Å². The van der Waals surface area contributed by atoms with Gasteiger partial charge in [0.15, 0.2) is 0 Å². The summed E-state index contributed by atoms with van der Waals surface area (Å²) in [7, 11) is 0. The Bertz CT molecular complexity index is 152. The fraction of sp³-hybridized carbons (Fsp3) is 0.909. The van der Waals surface area contributed by atoms with Crippen LogP contribution in [-0.2, 0) is 9.53 Å². The molecule has 0 rings (SSSR count). The highest BCUT2D eigenvalue weighted by Crippen LogP contribution is 2.12. The van der Waals surface area contributed by atoms with Gasteiger partial charge in [0.2, 0.25) is 0 Å². The first-order valence-electron chi connectivity index (χ1n) is 5.16. The molecule has 0 radical (unpaired) electrons. The minimum absolute atomic E-state index is 0.0521. The van der Waals surface area contributed by atoms with E-state index in [2.05, 4.69) is 13.8 Å². The Kier molecular flexibility index (Phi) is 5.76. The minimum atomic E-state index is -0.0669. The van der Waals surface area contributed by atoms with E-state index in [1.54, 1.807) is 0 Å². The van der Waals surface area contributed by atoms with Crippen molar-refractivity contribution in [3.63, 3.8) is 0 Å². The molecule has 0 heterocycles. The van der Waals surface area contributed by atoms with Gasteiger partial charge in [-0.1, -0.05) is 34.1 Å². The molecule has 0 bridgehead atoms. The highest BCUT2D eigenvalue weighted by molar-refractivity contribution is 5.69. The predicted molar refractivity (Wildman–Crippen MR) is 54.5 cm³/mol. The van der Waals surface area contributed by atoms with Crippen molar-refractivity contribution >= 4 is 5.97 Å². The second-order valence-electron chi connectivity index (χ2n) is 4.18. The van der Waals surface area contributed by atoms with Crippen LogP contribution < -0.4 is 0 Å². The number of hydrogen-bond acceptors (Lipinski definition) is 2. The maximum Gasteiger partial charge on any atom is 0.306 e. The SMILES string of the molecule is CCC(C)C(C)OC(=O)CC(C)C. The molecule has 2 heteroatoms. The molecule has 2 atom stereocenters. The van der Waals surface area contributed by atoms with E-state index in [1.807, 2.05) is 20.8 Å². The van der Waals surface area contributed by atoms with Gasteiger partial charge in [0.1, 0.15) is 6.10 Å². The standard InChI is InChI=1S/C11H22O2/c1-6-9(4)10(5)13-11(12)7-8(2)3/h8-10H,6-7H2,1-5H3. The number of hydrogen-bond donors (Lipinski definition) is 0. The van der Waals surface area contributed by atoms with E-state index >= 15 is 0 Å². The summed E-state index contributed by atoms with van der Waals surface area (Å²) in [4.78, 5) is 11.3. The second kappa shape index (κ2) is 6.01. The zero-order valence-corrected chi connectivity index (χ0v) is 9.46. The summed E-state index contributed by atoms with van der Waals surface area (Å²) in [6, 6.07) is 0. The summed E-state index contributed by atoms with van der Waals surface area (Å²) in [5.74, 6) is 0.774. The van der Waals surface area contributed by atoms with Crippen molar-refractivity contribution in [3.8, 4) is 0 Å². The van der Waals surface area contributed by atoms with Crippen LogP contribution in [0.25, 0.3) is 0 Å². The molecule has 0 saturated heterocycles. The third-order valence-electron chi connectivity index (χ3n) is 2.34. The van der Waals surface area contributed by atoms with Gasteiger partial charge in [0.05, 0.1) is 0 Å². The molecular formula is C11H22O2. The van der Waals surface area contributed by atoms with Crippen molar-refractivity contribution in [3.05, 3.63) is 0 Å². The zero-order chi connectivity index (χ0) is 10.4. The van der Waals surface area contributed by atoms with Crippen molar-refractivity contribution in [2.45, 2.75) is 53.6 Å². The Morgan fingerprint density at radius 2 is 1.77 bits per heavy atom. The summed E-state index contributed by atoms with van der Waals surface area (Å²) >= 11 is 0. The summed E-state index contributed by atoms with van der Waals surface area (Å²) in [5, 5.41) is 0. The van der Waals surface area contributed by atoms with Gasteiger partial charge in [-0.25, -0.2) is 0 Å². The molecule has 0 aromatic rings. The Hall–Kier alpha value is -0.530. The third-order valence-corrected chi connectivity index (χ3v) is 2.34. The molecule has 0 aliphatic rings. The molecule has 0 aliphatic heterocycles. The number of esters is 1. The van der Waals surface area contributed by atoms with Gasteiger partial charge in [-0.3, -0.25) is 4.79 Å². The molecule has 13 heavy (non-hydrogen) atoms. The van der Waals surface area contributed by atoms with E-state index in [9.17, 15) is 4.79 Å². The van der Waals surface area contributed by atoms with Crippen molar-refractivity contribution in [1.82, 2.24) is 0 Å². The average Bonchev–Trinajstić information content (AvgIpc) is 2.01. The topological polar surface area (TPSA) is 26.3 Å². The lowest BCUT2D eigenvalue weighted by atomic mass is 10.0. The van der Waals surface area contributed by atoms with Crippen LogP contribution in [0.2, 0.25) is 0 Å². The van der Waals surface area contributed by atoms with Gasteiger partial charge in [0, 0.05) is 6.42 Å². The van der Waals surface area contributed by atoms with E-state index in [-0.39, 0.29) is 12.1 Å². The number of carbonyl (C=O) groups is 1. The summed E-state index contributed by atoms with van der Waals surface area (Å²) in [5.41, 5.74) is 0. The quantitative estimate of drug-likeness (QED) is 0.617. The van der Waals surface area contributed by atoms with Crippen LogP contribution >= 0.6 is 0 Å². The molecule has 0 saturated carbocycles. The van der Waals surface area contributed by atoms with E-state index in [0.717, 1.165) is 6.42 Å². The monoisotopic (exact) mass is 186 g/mol. The fourth-order valence-electron chi connectivity index (χ4n) is 1.04. The lowest BCUT2D eigenvalue weighted by Crippen LogP contribution is -2.22. The molecule has 0 amide bonds. The molecule has 0 aromatic carbocycles. The first-order valence-corrected chi connectivity index (χ1v) is 5.16. The van der Waals surface area contributed by atoms with E-state index in [4.69, 9.17) is 4.74 Å². The molecule has 0 N–H and O–H groups in total. The van der Waals surface area contributed by atoms with Gasteiger partial charge in [0.25, 0.3) is 0 Å². The molecule has 0 spiro atoms. The van der Waals surface area contributed by atoms with Gasteiger partial charge in [-0.15, -0.1) is 0 Å². The van der Waals surface area contributed by atoms with Crippen molar-refractivity contribution in [2.24, 2.45) is 11.8 Å². The first-order chi connectivity index (χ1) is 5.97. The normalized spacial score (nSPS) is 15.5. The van der Waals surface area contributed by atoms with Gasteiger partial charge in [-0.05, 0) is 18.8 Å².